The molecular formula is C14H16F4N2O. The smallest absolute Gasteiger partial charge is 0.324 e. The van der Waals surface area contributed by atoms with Gasteiger partial charge in [-0.25, -0.2) is 4.39 Å². The van der Waals surface area contributed by atoms with Crippen LogP contribution in [0, 0.1) is 5.82 Å². The molecule has 3 nitrogen and oxygen atoms in total. The molecular weight excluding hydrogens is 288 g/mol. The molecule has 1 amide bonds. The summed E-state index contributed by atoms with van der Waals surface area (Å²) in [7, 11) is 0. The van der Waals surface area contributed by atoms with E-state index in [0.29, 0.717) is 18.2 Å². The fourth-order valence-corrected chi connectivity index (χ4v) is 2.32. The third kappa shape index (κ3) is 4.42. The van der Waals surface area contributed by atoms with Gasteiger partial charge in [-0.2, -0.15) is 13.2 Å². The van der Waals surface area contributed by atoms with E-state index in [2.05, 4.69) is 10.6 Å². The minimum atomic E-state index is -4.57. The van der Waals surface area contributed by atoms with Gasteiger partial charge >= 0.3 is 6.18 Å². The first-order chi connectivity index (χ1) is 9.86. The average molecular weight is 304 g/mol. The first kappa shape index (κ1) is 15.8. The van der Waals surface area contributed by atoms with Gasteiger partial charge in [0.2, 0.25) is 5.91 Å². The Balaban J connectivity index is 2.02. The van der Waals surface area contributed by atoms with Crippen LogP contribution in [0.5, 0.6) is 0 Å². The number of hydrogen-bond donors (Lipinski definition) is 2. The van der Waals surface area contributed by atoms with Gasteiger partial charge in [0, 0.05) is 12.5 Å². The average Bonchev–Trinajstić information content (AvgIpc) is 2.41. The Morgan fingerprint density at radius 3 is 2.71 bits per heavy atom. The van der Waals surface area contributed by atoms with Gasteiger partial charge in [-0.3, -0.25) is 4.79 Å². The van der Waals surface area contributed by atoms with Gasteiger partial charge in [0.25, 0.3) is 0 Å². The van der Waals surface area contributed by atoms with Crippen LogP contribution in [0.1, 0.15) is 31.2 Å². The Bertz CT molecular complexity index is 510. The maximum Gasteiger partial charge on any atom is 0.416 e. The van der Waals surface area contributed by atoms with Crippen molar-refractivity contribution in [2.24, 2.45) is 0 Å². The molecule has 1 saturated heterocycles. The standard InChI is InChI=1S/C14H16F4N2O/c15-11-5-4-9(14(16,17)18)7-12(11)20-13(21)8-10-3-1-2-6-19-10/h4-5,7,10,19H,1-3,6,8H2,(H,20,21). The molecule has 1 aromatic carbocycles. The van der Waals surface area contributed by atoms with Crippen molar-refractivity contribution < 1.29 is 22.4 Å². The molecule has 1 aliphatic heterocycles. The minimum Gasteiger partial charge on any atom is -0.324 e. The van der Waals surface area contributed by atoms with Crippen LogP contribution in [0.15, 0.2) is 18.2 Å². The fourth-order valence-electron chi connectivity index (χ4n) is 2.32. The number of carbonyl (C=O) groups excluding carboxylic acids is 1. The van der Waals surface area contributed by atoms with Crippen LogP contribution in [0.25, 0.3) is 0 Å². The normalized spacial score (nSPS) is 19.3. The molecule has 0 bridgehead atoms. The first-order valence-corrected chi connectivity index (χ1v) is 6.76. The SMILES string of the molecule is O=C(CC1CCCCN1)Nc1cc(C(F)(F)F)ccc1F. The molecule has 7 heteroatoms. The quantitative estimate of drug-likeness (QED) is 0.841. The van der Waals surface area contributed by atoms with Crippen molar-refractivity contribution >= 4 is 11.6 Å². The van der Waals surface area contributed by atoms with Gasteiger partial charge in [0.05, 0.1) is 11.3 Å². The summed E-state index contributed by atoms with van der Waals surface area (Å²) in [6.45, 7) is 0.815. The summed E-state index contributed by atoms with van der Waals surface area (Å²) in [5.41, 5.74) is -1.43. The lowest BCUT2D eigenvalue weighted by atomic mass is 10.0. The van der Waals surface area contributed by atoms with E-state index in [1.807, 2.05) is 0 Å². The van der Waals surface area contributed by atoms with E-state index in [1.165, 1.54) is 0 Å². The second kappa shape index (κ2) is 6.43. The molecule has 0 aliphatic carbocycles. The molecule has 116 valence electrons. The highest BCUT2D eigenvalue weighted by atomic mass is 19.4. The van der Waals surface area contributed by atoms with Gasteiger partial charge in [0.15, 0.2) is 0 Å². The predicted molar refractivity (Wildman–Crippen MR) is 70.3 cm³/mol. The highest BCUT2D eigenvalue weighted by molar-refractivity contribution is 5.91. The molecule has 2 rings (SSSR count). The lowest BCUT2D eigenvalue weighted by Crippen LogP contribution is -2.37. The first-order valence-electron chi connectivity index (χ1n) is 6.76. The molecule has 2 N–H and O–H groups in total. The topological polar surface area (TPSA) is 41.1 Å². The molecule has 1 aliphatic rings. The number of halogens is 4. The zero-order chi connectivity index (χ0) is 15.5. The summed E-state index contributed by atoms with van der Waals surface area (Å²) >= 11 is 0. The number of hydrogen-bond acceptors (Lipinski definition) is 2. The summed E-state index contributed by atoms with van der Waals surface area (Å²) in [5.74, 6) is -1.37. The van der Waals surface area contributed by atoms with Crippen LogP contribution >= 0.6 is 0 Å². The van der Waals surface area contributed by atoms with E-state index in [0.717, 1.165) is 25.8 Å². The number of carbonyl (C=O) groups is 1. The molecule has 1 aromatic rings. The van der Waals surface area contributed by atoms with Gasteiger partial charge < -0.3 is 10.6 Å². The van der Waals surface area contributed by atoms with E-state index in [9.17, 15) is 22.4 Å². The molecule has 0 aromatic heterocycles. The maximum atomic E-state index is 13.5. The molecule has 1 unspecified atom stereocenters. The van der Waals surface area contributed by atoms with Crippen LogP contribution in [-0.2, 0) is 11.0 Å². The Hall–Kier alpha value is -1.63. The van der Waals surface area contributed by atoms with Crippen molar-refractivity contribution in [3.8, 4) is 0 Å². The monoisotopic (exact) mass is 304 g/mol. The number of piperidine rings is 1. The number of anilines is 1. The zero-order valence-corrected chi connectivity index (χ0v) is 11.3. The molecule has 1 atom stereocenters. The molecule has 0 saturated carbocycles. The molecule has 1 heterocycles. The largest absolute Gasteiger partial charge is 0.416 e. The summed E-state index contributed by atoms with van der Waals surface area (Å²) in [6.07, 6.45) is -1.57. The Morgan fingerprint density at radius 1 is 1.33 bits per heavy atom. The lowest BCUT2D eigenvalue weighted by Gasteiger charge is -2.22. The van der Waals surface area contributed by atoms with E-state index >= 15 is 0 Å². The van der Waals surface area contributed by atoms with Crippen LogP contribution in [-0.4, -0.2) is 18.5 Å². The number of rotatable bonds is 3. The number of alkyl halides is 3. The Kier molecular flexibility index (Phi) is 4.82. The highest BCUT2D eigenvalue weighted by Gasteiger charge is 2.31. The van der Waals surface area contributed by atoms with E-state index in [1.54, 1.807) is 0 Å². The maximum absolute atomic E-state index is 13.5. The van der Waals surface area contributed by atoms with E-state index in [4.69, 9.17) is 0 Å². The van der Waals surface area contributed by atoms with Crippen LogP contribution < -0.4 is 10.6 Å². The van der Waals surface area contributed by atoms with E-state index in [-0.39, 0.29) is 12.5 Å². The zero-order valence-electron chi connectivity index (χ0n) is 11.3. The second-order valence-electron chi connectivity index (χ2n) is 5.09. The van der Waals surface area contributed by atoms with Gasteiger partial charge in [-0.05, 0) is 37.6 Å². The van der Waals surface area contributed by atoms with Crippen molar-refractivity contribution in [3.63, 3.8) is 0 Å². The van der Waals surface area contributed by atoms with Crippen molar-refractivity contribution in [3.05, 3.63) is 29.6 Å². The molecule has 0 radical (unpaired) electrons. The van der Waals surface area contributed by atoms with Crippen LogP contribution in [0.3, 0.4) is 0 Å². The van der Waals surface area contributed by atoms with E-state index < -0.39 is 29.2 Å². The van der Waals surface area contributed by atoms with Gasteiger partial charge in [-0.15, -0.1) is 0 Å². The third-order valence-electron chi connectivity index (χ3n) is 3.41. The number of amides is 1. The fraction of sp³-hybridized carbons (Fsp3) is 0.500. The summed E-state index contributed by atoms with van der Waals surface area (Å²) < 4.78 is 51.2. The van der Waals surface area contributed by atoms with Crippen LogP contribution in [0.4, 0.5) is 23.2 Å². The van der Waals surface area contributed by atoms with Crippen molar-refractivity contribution in [2.45, 2.75) is 37.9 Å². The summed E-state index contributed by atoms with van der Waals surface area (Å²) in [6, 6.07) is 1.96. The molecule has 21 heavy (non-hydrogen) atoms. The van der Waals surface area contributed by atoms with Gasteiger partial charge in [0.1, 0.15) is 5.82 Å². The predicted octanol–water partition coefficient (Wildman–Crippen LogP) is 3.32. The third-order valence-corrected chi connectivity index (χ3v) is 3.41. The van der Waals surface area contributed by atoms with Crippen LogP contribution in [0.2, 0.25) is 0 Å². The Labute approximate surface area is 119 Å². The number of nitrogens with one attached hydrogen (secondary N) is 2. The Morgan fingerprint density at radius 2 is 2.10 bits per heavy atom. The van der Waals surface area contributed by atoms with Gasteiger partial charge in [-0.1, -0.05) is 6.42 Å². The van der Waals surface area contributed by atoms with Crippen molar-refractivity contribution in [1.82, 2.24) is 5.32 Å². The second-order valence-corrected chi connectivity index (χ2v) is 5.09. The highest BCUT2D eigenvalue weighted by Crippen LogP contribution is 2.31. The van der Waals surface area contributed by atoms with Crippen molar-refractivity contribution in [1.29, 1.82) is 0 Å². The lowest BCUT2D eigenvalue weighted by molar-refractivity contribution is -0.137. The number of benzene rings is 1. The molecule has 1 fully saturated rings. The summed E-state index contributed by atoms with van der Waals surface area (Å²) in [5, 5.41) is 5.37. The van der Waals surface area contributed by atoms with Crippen molar-refractivity contribution in [2.75, 3.05) is 11.9 Å². The minimum absolute atomic E-state index is 0.00684. The molecule has 0 spiro atoms. The summed E-state index contributed by atoms with van der Waals surface area (Å²) in [4.78, 5) is 11.8.